The summed E-state index contributed by atoms with van der Waals surface area (Å²) in [6.45, 7) is 5.40. The van der Waals surface area contributed by atoms with Gasteiger partial charge in [-0.1, -0.05) is 49.3 Å². The predicted molar refractivity (Wildman–Crippen MR) is 103 cm³/mol. The number of carbonyl (C=O) groups is 1. The van der Waals surface area contributed by atoms with Crippen LogP contribution in [0.25, 0.3) is 11.4 Å². The van der Waals surface area contributed by atoms with Crippen LogP contribution in [0.4, 0.5) is 0 Å². The molecule has 3 aromatic rings. The molecule has 2 aliphatic rings. The first kappa shape index (κ1) is 17.2. The summed E-state index contributed by atoms with van der Waals surface area (Å²) in [5.74, 6) is 2.39. The molecular weight excluding hydrogens is 354 g/mol. The molecule has 1 aromatic carbocycles. The van der Waals surface area contributed by atoms with Crippen molar-refractivity contribution in [1.82, 2.24) is 24.8 Å². The fourth-order valence-electron chi connectivity index (χ4n) is 3.92. The average molecular weight is 377 g/mol. The van der Waals surface area contributed by atoms with Crippen LogP contribution in [-0.4, -0.2) is 37.3 Å². The minimum atomic E-state index is -0.152. The van der Waals surface area contributed by atoms with Gasteiger partial charge in [-0.05, 0) is 18.8 Å². The third-order valence-corrected chi connectivity index (χ3v) is 5.51. The lowest BCUT2D eigenvalue weighted by atomic mass is 9.99. The third-order valence-electron chi connectivity index (χ3n) is 5.51. The Labute approximate surface area is 163 Å². The molecule has 5 rings (SSSR count). The van der Waals surface area contributed by atoms with Gasteiger partial charge in [0.1, 0.15) is 0 Å². The Bertz CT molecular complexity index is 1000. The number of nitrogens with zero attached hydrogens (tertiary/aromatic N) is 5. The fraction of sp³-hybridized carbons (Fsp3) is 0.429. The zero-order chi connectivity index (χ0) is 19.3. The van der Waals surface area contributed by atoms with Gasteiger partial charge >= 0.3 is 0 Å². The Morgan fingerprint density at radius 3 is 2.68 bits per heavy atom. The lowest BCUT2D eigenvalue weighted by Crippen LogP contribution is -2.44. The van der Waals surface area contributed by atoms with Gasteiger partial charge in [0.15, 0.2) is 11.6 Å². The van der Waals surface area contributed by atoms with Crippen molar-refractivity contribution in [3.8, 4) is 11.4 Å². The van der Waals surface area contributed by atoms with Crippen LogP contribution in [0.3, 0.4) is 0 Å². The molecule has 144 valence electrons. The van der Waals surface area contributed by atoms with E-state index in [2.05, 4.69) is 24.1 Å². The first-order valence-electron chi connectivity index (χ1n) is 9.89. The van der Waals surface area contributed by atoms with E-state index in [1.165, 1.54) is 0 Å². The van der Waals surface area contributed by atoms with Crippen LogP contribution in [0.15, 0.2) is 40.9 Å². The second-order valence-corrected chi connectivity index (χ2v) is 7.96. The van der Waals surface area contributed by atoms with Gasteiger partial charge < -0.3 is 9.42 Å². The summed E-state index contributed by atoms with van der Waals surface area (Å²) in [4.78, 5) is 19.9. The number of carbonyl (C=O) groups excluding carboxylic acids is 1. The highest BCUT2D eigenvalue weighted by Gasteiger charge is 2.38. The number of fused-ring (bicyclic) bond motifs is 1. The van der Waals surface area contributed by atoms with Crippen LogP contribution in [0, 0.1) is 5.92 Å². The fourth-order valence-corrected chi connectivity index (χ4v) is 3.92. The molecule has 1 amide bonds. The van der Waals surface area contributed by atoms with E-state index in [4.69, 9.17) is 9.51 Å². The van der Waals surface area contributed by atoms with E-state index >= 15 is 0 Å². The Hall–Kier alpha value is -2.96. The van der Waals surface area contributed by atoms with Gasteiger partial charge in [0.2, 0.25) is 5.76 Å². The Morgan fingerprint density at radius 1 is 1.18 bits per heavy atom. The van der Waals surface area contributed by atoms with Crippen LogP contribution in [-0.2, 0) is 6.54 Å². The topological polar surface area (TPSA) is 77.1 Å². The van der Waals surface area contributed by atoms with E-state index in [9.17, 15) is 4.79 Å². The molecule has 0 saturated heterocycles. The molecule has 1 aliphatic carbocycles. The molecule has 3 heterocycles. The van der Waals surface area contributed by atoms with Gasteiger partial charge in [-0.15, -0.1) is 0 Å². The smallest absolute Gasteiger partial charge is 0.293 e. The van der Waals surface area contributed by atoms with E-state index < -0.39 is 0 Å². The van der Waals surface area contributed by atoms with Crippen molar-refractivity contribution in [1.29, 1.82) is 0 Å². The van der Waals surface area contributed by atoms with E-state index in [-0.39, 0.29) is 17.9 Å². The third kappa shape index (κ3) is 2.91. The molecule has 7 nitrogen and oxygen atoms in total. The van der Waals surface area contributed by atoms with Crippen LogP contribution < -0.4 is 0 Å². The first-order valence-corrected chi connectivity index (χ1v) is 9.89. The van der Waals surface area contributed by atoms with Crippen LogP contribution >= 0.6 is 0 Å². The van der Waals surface area contributed by atoms with Crippen LogP contribution in [0.1, 0.15) is 60.7 Å². The maximum Gasteiger partial charge on any atom is 0.293 e. The minimum absolute atomic E-state index is 0.117. The normalized spacial score (nSPS) is 19.1. The van der Waals surface area contributed by atoms with Crippen LogP contribution in [0.5, 0.6) is 0 Å². The SMILES string of the molecule is CC(C)[C@H]1c2nc(-c3ccccc3)nn2CCN1C(=O)c1cc(C2CC2)no1. The van der Waals surface area contributed by atoms with Crippen molar-refractivity contribution in [3.63, 3.8) is 0 Å². The summed E-state index contributed by atoms with van der Waals surface area (Å²) in [7, 11) is 0. The number of hydrogen-bond donors (Lipinski definition) is 0. The zero-order valence-corrected chi connectivity index (χ0v) is 16.1. The van der Waals surface area contributed by atoms with E-state index in [1.54, 1.807) is 0 Å². The summed E-state index contributed by atoms with van der Waals surface area (Å²) in [6.07, 6.45) is 2.26. The zero-order valence-electron chi connectivity index (χ0n) is 16.1. The van der Waals surface area contributed by atoms with Crippen molar-refractivity contribution >= 4 is 5.91 Å². The first-order chi connectivity index (χ1) is 13.6. The molecule has 0 bridgehead atoms. The van der Waals surface area contributed by atoms with Crippen molar-refractivity contribution in [2.45, 2.75) is 45.2 Å². The monoisotopic (exact) mass is 377 g/mol. The molecular formula is C21H23N5O2. The van der Waals surface area contributed by atoms with E-state index in [1.807, 2.05) is 46.0 Å². The lowest BCUT2D eigenvalue weighted by Gasteiger charge is -2.36. The molecule has 1 saturated carbocycles. The van der Waals surface area contributed by atoms with Crippen molar-refractivity contribution in [2.75, 3.05) is 6.54 Å². The van der Waals surface area contributed by atoms with Crippen LogP contribution in [0.2, 0.25) is 0 Å². The predicted octanol–water partition coefficient (Wildman–Crippen LogP) is 3.66. The van der Waals surface area contributed by atoms with E-state index in [0.717, 1.165) is 29.9 Å². The molecule has 0 spiro atoms. The number of benzene rings is 1. The number of hydrogen-bond acceptors (Lipinski definition) is 5. The molecule has 0 radical (unpaired) electrons. The van der Waals surface area contributed by atoms with E-state index in [0.29, 0.717) is 30.6 Å². The highest BCUT2D eigenvalue weighted by atomic mass is 16.5. The van der Waals surface area contributed by atoms with Gasteiger partial charge in [0.05, 0.1) is 18.3 Å². The molecule has 7 heteroatoms. The summed E-state index contributed by atoms with van der Waals surface area (Å²) in [6, 6.07) is 11.6. The largest absolute Gasteiger partial charge is 0.351 e. The van der Waals surface area contributed by atoms with Gasteiger partial charge in [-0.25, -0.2) is 9.67 Å². The number of aromatic nitrogens is 4. The molecule has 0 N–H and O–H groups in total. The number of rotatable bonds is 4. The van der Waals surface area contributed by atoms with Crippen molar-refractivity contribution in [2.24, 2.45) is 5.92 Å². The molecule has 0 unspecified atom stereocenters. The average Bonchev–Trinajstić information content (AvgIpc) is 3.28. The maximum absolute atomic E-state index is 13.2. The second-order valence-electron chi connectivity index (χ2n) is 7.96. The summed E-state index contributed by atoms with van der Waals surface area (Å²) in [5, 5.41) is 8.78. The van der Waals surface area contributed by atoms with Gasteiger partial charge in [0, 0.05) is 24.1 Å². The summed E-state index contributed by atoms with van der Waals surface area (Å²) < 4.78 is 7.32. The lowest BCUT2D eigenvalue weighted by molar-refractivity contribution is 0.0496. The van der Waals surface area contributed by atoms with Gasteiger partial charge in [-0.2, -0.15) is 5.10 Å². The Kier molecular flexibility index (Phi) is 4.03. The highest BCUT2D eigenvalue weighted by Crippen LogP contribution is 2.40. The molecule has 1 atom stereocenters. The van der Waals surface area contributed by atoms with Crippen molar-refractivity contribution in [3.05, 3.63) is 53.7 Å². The molecule has 2 aromatic heterocycles. The van der Waals surface area contributed by atoms with Crippen molar-refractivity contribution < 1.29 is 9.32 Å². The second kappa shape index (κ2) is 6.58. The molecule has 28 heavy (non-hydrogen) atoms. The Morgan fingerprint density at radius 2 is 1.96 bits per heavy atom. The molecule has 1 fully saturated rings. The maximum atomic E-state index is 13.2. The van der Waals surface area contributed by atoms with Gasteiger partial charge in [0.25, 0.3) is 5.91 Å². The minimum Gasteiger partial charge on any atom is -0.351 e. The number of amides is 1. The van der Waals surface area contributed by atoms with Gasteiger partial charge in [-0.3, -0.25) is 4.79 Å². The standard InChI is InChI=1S/C21H23N5O2/c1-13(2)18-20-22-19(15-6-4-3-5-7-15)23-26(20)11-10-25(18)21(27)17-12-16(24-28-17)14-8-9-14/h3-7,12-14,18H,8-11H2,1-2H3/t18-/m0/s1. The quantitative estimate of drug-likeness (QED) is 0.693. The molecule has 1 aliphatic heterocycles. The summed E-state index contributed by atoms with van der Waals surface area (Å²) in [5.41, 5.74) is 1.88. The Balaban J connectivity index is 1.47. The highest BCUT2D eigenvalue weighted by molar-refractivity contribution is 5.92. The summed E-state index contributed by atoms with van der Waals surface area (Å²) >= 11 is 0.